The maximum Gasteiger partial charge on any atom is 0.182 e. The fraction of sp³-hybridized carbons (Fsp3) is 0.0833. The number of hydrogen-bond acceptors (Lipinski definition) is 3. The van der Waals surface area contributed by atoms with Crippen molar-refractivity contribution in [2.75, 3.05) is 5.75 Å². The minimum atomic E-state index is -3.52. The molecular weight excluding hydrogens is 448 g/mol. The Balaban J connectivity index is 1.86. The summed E-state index contributed by atoms with van der Waals surface area (Å²) in [6, 6.07) is 24.3. The third kappa shape index (κ3) is 4.07. The zero-order valence-electron chi connectivity index (χ0n) is 15.8. The zero-order chi connectivity index (χ0) is 20.4. The van der Waals surface area contributed by atoms with Crippen LogP contribution in [-0.2, 0) is 9.84 Å². The van der Waals surface area contributed by atoms with E-state index in [1.807, 2.05) is 55.5 Å². The number of hydrogen-bond donors (Lipinski definition) is 0. The van der Waals surface area contributed by atoms with Gasteiger partial charge in [0.2, 0.25) is 0 Å². The van der Waals surface area contributed by atoms with Crippen molar-refractivity contribution in [3.8, 4) is 5.75 Å². The summed E-state index contributed by atoms with van der Waals surface area (Å²) in [4.78, 5) is 0.297. The Bertz CT molecular complexity index is 1210. The van der Waals surface area contributed by atoms with Crippen LogP contribution in [-0.4, -0.2) is 14.2 Å². The highest BCUT2D eigenvalue weighted by atomic mass is 79.9. The van der Waals surface area contributed by atoms with Gasteiger partial charge in [0, 0.05) is 21.2 Å². The van der Waals surface area contributed by atoms with E-state index in [4.69, 9.17) is 4.74 Å². The van der Waals surface area contributed by atoms with Crippen molar-refractivity contribution in [2.24, 2.45) is 0 Å². The van der Waals surface area contributed by atoms with Crippen molar-refractivity contribution in [2.45, 2.75) is 11.8 Å². The van der Waals surface area contributed by atoms with Crippen molar-refractivity contribution >= 4 is 35.8 Å². The van der Waals surface area contributed by atoms with Crippen LogP contribution < -0.4 is 4.74 Å². The van der Waals surface area contributed by atoms with Crippen LogP contribution in [0.15, 0.2) is 95.6 Å². The minimum Gasteiger partial charge on any atom is -0.464 e. The minimum absolute atomic E-state index is 0.151. The highest BCUT2D eigenvalue weighted by molar-refractivity contribution is 9.15. The van der Waals surface area contributed by atoms with Gasteiger partial charge in [-0.3, -0.25) is 0 Å². The molecule has 29 heavy (non-hydrogen) atoms. The molecule has 146 valence electrons. The number of allylic oxidation sites excluding steroid dienone is 1. The standard InChI is InChI=1S/C24H19BrO3S/c1-17-12-13-22-21(14-17)23(24(25)18-8-4-2-5-9-18)19(15-28-22)16-29(26,27)20-10-6-3-7-11-20/h2-15H,16H2,1H3/b24-23-. The Hall–Kier alpha value is -2.63. The molecule has 1 aliphatic rings. The molecule has 0 amide bonds. The average molecular weight is 467 g/mol. The highest BCUT2D eigenvalue weighted by Crippen LogP contribution is 2.43. The number of aryl methyl sites for hydroxylation is 1. The molecular formula is C24H19BrO3S. The maximum absolute atomic E-state index is 13.0. The molecule has 0 fully saturated rings. The lowest BCUT2D eigenvalue weighted by molar-refractivity contribution is 0.470. The second-order valence-electron chi connectivity index (χ2n) is 6.89. The summed E-state index contributed by atoms with van der Waals surface area (Å²) in [6.45, 7) is 2.01. The molecule has 4 rings (SSSR count). The molecule has 0 unspecified atom stereocenters. The van der Waals surface area contributed by atoms with E-state index in [9.17, 15) is 8.42 Å². The van der Waals surface area contributed by atoms with Crippen LogP contribution in [0.1, 0.15) is 16.7 Å². The van der Waals surface area contributed by atoms with E-state index in [1.165, 1.54) is 0 Å². The van der Waals surface area contributed by atoms with Crippen molar-refractivity contribution in [1.82, 2.24) is 0 Å². The van der Waals surface area contributed by atoms with Gasteiger partial charge in [-0.25, -0.2) is 8.42 Å². The number of sulfone groups is 1. The van der Waals surface area contributed by atoms with Crippen LogP contribution in [0, 0.1) is 6.92 Å². The van der Waals surface area contributed by atoms with Gasteiger partial charge in [-0.15, -0.1) is 0 Å². The van der Waals surface area contributed by atoms with Gasteiger partial charge >= 0.3 is 0 Å². The largest absolute Gasteiger partial charge is 0.464 e. The van der Waals surface area contributed by atoms with E-state index in [-0.39, 0.29) is 5.75 Å². The first-order chi connectivity index (χ1) is 14.0. The van der Waals surface area contributed by atoms with Crippen LogP contribution in [0.5, 0.6) is 5.75 Å². The lowest BCUT2D eigenvalue weighted by atomic mass is 9.93. The molecule has 0 saturated carbocycles. The van der Waals surface area contributed by atoms with Crippen molar-refractivity contribution < 1.29 is 13.2 Å². The van der Waals surface area contributed by atoms with E-state index >= 15 is 0 Å². The molecule has 3 nitrogen and oxygen atoms in total. The molecule has 0 bridgehead atoms. The van der Waals surface area contributed by atoms with Crippen LogP contribution in [0.25, 0.3) is 10.1 Å². The summed E-state index contributed by atoms with van der Waals surface area (Å²) in [7, 11) is -3.52. The van der Waals surface area contributed by atoms with Gasteiger partial charge in [0.1, 0.15) is 5.75 Å². The van der Waals surface area contributed by atoms with Crippen molar-refractivity contribution in [1.29, 1.82) is 0 Å². The molecule has 0 aliphatic carbocycles. The van der Waals surface area contributed by atoms with Gasteiger partial charge in [-0.1, -0.05) is 60.2 Å². The Labute approximate surface area is 179 Å². The summed E-state index contributed by atoms with van der Waals surface area (Å²) in [6.07, 6.45) is 1.55. The van der Waals surface area contributed by atoms with Crippen LogP contribution in [0.4, 0.5) is 0 Å². The number of ether oxygens (including phenoxy) is 1. The summed E-state index contributed by atoms with van der Waals surface area (Å²) in [5.41, 5.74) is 4.37. The smallest absolute Gasteiger partial charge is 0.182 e. The van der Waals surface area contributed by atoms with Gasteiger partial charge in [-0.2, -0.15) is 0 Å². The first-order valence-corrected chi connectivity index (χ1v) is 11.6. The Morgan fingerprint density at radius 3 is 2.28 bits per heavy atom. The van der Waals surface area contributed by atoms with Crippen LogP contribution in [0.3, 0.4) is 0 Å². The topological polar surface area (TPSA) is 43.4 Å². The van der Waals surface area contributed by atoms with Crippen molar-refractivity contribution in [3.05, 3.63) is 107 Å². The van der Waals surface area contributed by atoms with Gasteiger partial charge < -0.3 is 4.74 Å². The average Bonchev–Trinajstić information content (AvgIpc) is 2.74. The molecule has 0 atom stereocenters. The third-order valence-electron chi connectivity index (χ3n) is 4.75. The molecule has 3 aromatic carbocycles. The predicted molar refractivity (Wildman–Crippen MR) is 121 cm³/mol. The molecule has 0 radical (unpaired) electrons. The third-order valence-corrected chi connectivity index (χ3v) is 7.28. The number of rotatable bonds is 4. The van der Waals surface area contributed by atoms with Crippen molar-refractivity contribution in [3.63, 3.8) is 0 Å². The quantitative estimate of drug-likeness (QED) is 0.472. The summed E-state index contributed by atoms with van der Waals surface area (Å²) >= 11 is 3.73. The number of fused-ring (bicyclic) bond motifs is 1. The normalized spacial score (nSPS) is 15.2. The van der Waals surface area contributed by atoms with E-state index in [1.54, 1.807) is 36.6 Å². The van der Waals surface area contributed by atoms with Gasteiger partial charge in [0.05, 0.1) is 16.9 Å². The van der Waals surface area contributed by atoms with Gasteiger partial charge in [0.15, 0.2) is 9.84 Å². The fourth-order valence-corrected chi connectivity index (χ4v) is 5.41. The molecule has 1 aliphatic heterocycles. The lowest BCUT2D eigenvalue weighted by Gasteiger charge is -2.23. The van der Waals surface area contributed by atoms with E-state index < -0.39 is 9.84 Å². The molecule has 0 spiro atoms. The molecule has 1 heterocycles. The fourth-order valence-electron chi connectivity index (χ4n) is 3.32. The summed E-state index contributed by atoms with van der Waals surface area (Å²) in [5.74, 6) is 0.557. The van der Waals surface area contributed by atoms with E-state index in [0.717, 1.165) is 26.7 Å². The summed E-state index contributed by atoms with van der Waals surface area (Å²) < 4.78 is 32.7. The van der Waals surface area contributed by atoms with Gasteiger partial charge in [0.25, 0.3) is 0 Å². The Kier molecular flexibility index (Phi) is 5.43. The maximum atomic E-state index is 13.0. The monoisotopic (exact) mass is 466 g/mol. The predicted octanol–water partition coefficient (Wildman–Crippen LogP) is 6.01. The molecule has 0 saturated heterocycles. The second-order valence-corrected chi connectivity index (χ2v) is 9.67. The number of halogens is 1. The van der Waals surface area contributed by atoms with E-state index in [2.05, 4.69) is 15.9 Å². The Morgan fingerprint density at radius 1 is 0.931 bits per heavy atom. The molecule has 5 heteroatoms. The van der Waals surface area contributed by atoms with Crippen LogP contribution in [0.2, 0.25) is 0 Å². The first kappa shape index (κ1) is 19.7. The lowest BCUT2D eigenvalue weighted by Crippen LogP contribution is -2.14. The SMILES string of the molecule is Cc1ccc2c(c1)/C(=C(\Br)c1ccccc1)C(CS(=O)(=O)c1ccccc1)=CO2. The molecule has 0 N–H and O–H groups in total. The highest BCUT2D eigenvalue weighted by Gasteiger charge is 2.27. The number of benzene rings is 3. The second kappa shape index (κ2) is 8.01. The van der Waals surface area contributed by atoms with Gasteiger partial charge in [-0.05, 0) is 52.7 Å². The Morgan fingerprint density at radius 2 is 1.59 bits per heavy atom. The molecule has 3 aromatic rings. The summed E-state index contributed by atoms with van der Waals surface area (Å²) in [5, 5.41) is 0. The molecule has 0 aromatic heterocycles. The van der Waals surface area contributed by atoms with Crippen LogP contribution >= 0.6 is 15.9 Å². The first-order valence-electron chi connectivity index (χ1n) is 9.16. The van der Waals surface area contributed by atoms with E-state index in [0.29, 0.717) is 16.2 Å². The zero-order valence-corrected chi connectivity index (χ0v) is 18.2.